The molecule has 3 unspecified atom stereocenters. The van der Waals surface area contributed by atoms with Gasteiger partial charge in [-0.3, -0.25) is 4.79 Å². The number of likely N-dealkylation sites (tertiary alicyclic amines) is 1. The van der Waals surface area contributed by atoms with Crippen molar-refractivity contribution in [3.05, 3.63) is 34.1 Å². The zero-order valence-corrected chi connectivity index (χ0v) is 17.2. The number of benzene rings is 1. The number of carbonyl (C=O) groups excluding carboxylic acids is 1. The van der Waals surface area contributed by atoms with Crippen molar-refractivity contribution < 1.29 is 13.9 Å². The van der Waals surface area contributed by atoms with Crippen molar-refractivity contribution in [3.8, 4) is 0 Å². The summed E-state index contributed by atoms with van der Waals surface area (Å²) < 4.78 is 20.8. The Morgan fingerprint density at radius 1 is 1.36 bits per heavy atom. The van der Waals surface area contributed by atoms with E-state index < -0.39 is 11.4 Å². The summed E-state index contributed by atoms with van der Waals surface area (Å²) in [5.74, 6) is -0.566. The quantitative estimate of drug-likeness (QED) is 0.709. The first-order valence-electron chi connectivity index (χ1n) is 8.81. The Labute approximate surface area is 158 Å². The summed E-state index contributed by atoms with van der Waals surface area (Å²) in [6.45, 7) is 9.21. The van der Waals surface area contributed by atoms with Gasteiger partial charge in [0.25, 0.3) is 5.91 Å². The first kappa shape index (κ1) is 18.8. The fourth-order valence-corrected chi connectivity index (χ4v) is 5.49. The van der Waals surface area contributed by atoms with Crippen LogP contribution in [0.4, 0.5) is 4.39 Å². The van der Waals surface area contributed by atoms with Gasteiger partial charge in [-0.25, -0.2) is 4.39 Å². The molecule has 3 rings (SSSR count). The van der Waals surface area contributed by atoms with Crippen LogP contribution in [0.15, 0.2) is 22.7 Å². The number of halogens is 2. The molecular formula is C20H27BrFNO2. The molecule has 1 aliphatic carbocycles. The Hall–Kier alpha value is -0.940. The third-order valence-corrected chi connectivity index (χ3v) is 6.43. The van der Waals surface area contributed by atoms with Crippen LogP contribution >= 0.6 is 15.9 Å². The zero-order valence-electron chi connectivity index (χ0n) is 15.7. The van der Waals surface area contributed by atoms with E-state index in [1.54, 1.807) is 19.1 Å². The van der Waals surface area contributed by atoms with Crippen molar-refractivity contribution in [3.63, 3.8) is 0 Å². The number of nitrogens with zero attached hydrogens (tertiary/aromatic N) is 1. The highest BCUT2D eigenvalue weighted by atomic mass is 79.9. The summed E-state index contributed by atoms with van der Waals surface area (Å²) in [5, 5.41) is 0. The molecule has 1 saturated heterocycles. The molecule has 1 heterocycles. The fraction of sp³-hybridized carbons (Fsp3) is 0.650. The molecule has 2 bridgehead atoms. The number of amides is 1. The predicted molar refractivity (Wildman–Crippen MR) is 99.7 cm³/mol. The molecule has 1 saturated carbocycles. The maximum absolute atomic E-state index is 14.6. The van der Waals surface area contributed by atoms with Crippen LogP contribution in [0.3, 0.4) is 0 Å². The van der Waals surface area contributed by atoms with E-state index in [1.807, 2.05) is 4.90 Å². The highest BCUT2D eigenvalue weighted by molar-refractivity contribution is 9.10. The minimum absolute atomic E-state index is 0.134. The second-order valence-corrected chi connectivity index (χ2v) is 9.92. The van der Waals surface area contributed by atoms with E-state index in [4.69, 9.17) is 4.74 Å². The Morgan fingerprint density at radius 3 is 2.64 bits per heavy atom. The van der Waals surface area contributed by atoms with Crippen molar-refractivity contribution in [2.24, 2.45) is 10.8 Å². The SMILES string of the molecule is COC(C)(C(=O)N1CC2(C)CC1CC(C)(C)C2)c1ccc(Br)cc1F. The van der Waals surface area contributed by atoms with Crippen LogP contribution < -0.4 is 0 Å². The van der Waals surface area contributed by atoms with Crippen molar-refractivity contribution in [2.75, 3.05) is 13.7 Å². The maximum Gasteiger partial charge on any atom is 0.259 e. The number of ether oxygens (including phenoxy) is 1. The standard InChI is InChI=1S/C20H27BrFNO2/c1-18(2)9-14-10-19(3,11-18)12-23(14)17(24)20(4,25-5)15-7-6-13(21)8-16(15)22/h6-8,14H,9-12H2,1-5H3. The Balaban J connectivity index is 1.96. The van der Waals surface area contributed by atoms with E-state index in [2.05, 4.69) is 36.7 Å². The molecule has 1 aromatic rings. The van der Waals surface area contributed by atoms with Gasteiger partial charge in [0, 0.05) is 29.7 Å². The molecule has 25 heavy (non-hydrogen) atoms. The summed E-state index contributed by atoms with van der Waals surface area (Å²) in [7, 11) is 1.48. The van der Waals surface area contributed by atoms with Crippen molar-refractivity contribution >= 4 is 21.8 Å². The molecule has 0 radical (unpaired) electrons. The van der Waals surface area contributed by atoms with Gasteiger partial charge in [-0.15, -0.1) is 0 Å². The normalized spacial score (nSPS) is 30.2. The molecule has 1 aromatic carbocycles. The van der Waals surface area contributed by atoms with Crippen LogP contribution in [0.5, 0.6) is 0 Å². The van der Waals surface area contributed by atoms with E-state index in [9.17, 15) is 9.18 Å². The average molecular weight is 412 g/mol. The zero-order chi connectivity index (χ0) is 18.6. The number of rotatable bonds is 3. The highest BCUT2D eigenvalue weighted by Gasteiger charge is 2.54. The van der Waals surface area contributed by atoms with E-state index in [0.717, 1.165) is 25.8 Å². The van der Waals surface area contributed by atoms with E-state index in [-0.39, 0.29) is 28.3 Å². The first-order chi connectivity index (χ1) is 11.5. The van der Waals surface area contributed by atoms with Gasteiger partial charge in [0.15, 0.2) is 5.60 Å². The summed E-state index contributed by atoms with van der Waals surface area (Å²) in [5.41, 5.74) is -0.675. The minimum atomic E-state index is -1.32. The van der Waals surface area contributed by atoms with Gasteiger partial charge < -0.3 is 9.64 Å². The molecule has 138 valence electrons. The molecule has 0 spiro atoms. The lowest BCUT2D eigenvalue weighted by molar-refractivity contribution is -0.156. The molecule has 2 fully saturated rings. The molecule has 1 amide bonds. The largest absolute Gasteiger partial charge is 0.364 e. The second-order valence-electron chi connectivity index (χ2n) is 9.01. The molecular weight excluding hydrogens is 385 g/mol. The number of methoxy groups -OCH3 is 1. The molecule has 3 nitrogen and oxygen atoms in total. The summed E-state index contributed by atoms with van der Waals surface area (Å²) >= 11 is 3.27. The van der Waals surface area contributed by atoms with Gasteiger partial charge in [-0.2, -0.15) is 0 Å². The molecule has 1 aliphatic heterocycles. The number of carbonyl (C=O) groups is 1. The Kier molecular flexibility index (Phi) is 4.56. The van der Waals surface area contributed by atoms with Gasteiger partial charge in [0.1, 0.15) is 5.82 Å². The van der Waals surface area contributed by atoms with Gasteiger partial charge >= 0.3 is 0 Å². The monoisotopic (exact) mass is 411 g/mol. The second kappa shape index (κ2) is 6.05. The van der Waals surface area contributed by atoms with Crippen LogP contribution in [0.25, 0.3) is 0 Å². The van der Waals surface area contributed by atoms with Gasteiger partial charge in [0.05, 0.1) is 0 Å². The highest BCUT2D eigenvalue weighted by Crippen LogP contribution is 2.53. The topological polar surface area (TPSA) is 29.5 Å². The Morgan fingerprint density at radius 2 is 2.04 bits per heavy atom. The number of hydrogen-bond acceptors (Lipinski definition) is 2. The van der Waals surface area contributed by atoms with E-state index >= 15 is 0 Å². The van der Waals surface area contributed by atoms with Crippen LogP contribution in [-0.4, -0.2) is 30.5 Å². The van der Waals surface area contributed by atoms with Gasteiger partial charge in [0.2, 0.25) is 0 Å². The smallest absolute Gasteiger partial charge is 0.259 e. The van der Waals surface area contributed by atoms with Crippen molar-refractivity contribution in [1.29, 1.82) is 0 Å². The maximum atomic E-state index is 14.6. The van der Waals surface area contributed by atoms with Crippen LogP contribution in [0, 0.1) is 16.6 Å². The summed E-state index contributed by atoms with van der Waals surface area (Å²) in [6.07, 6.45) is 3.11. The molecule has 0 aromatic heterocycles. The third-order valence-electron chi connectivity index (χ3n) is 5.94. The number of fused-ring (bicyclic) bond motifs is 2. The lowest BCUT2D eigenvalue weighted by Gasteiger charge is -2.40. The minimum Gasteiger partial charge on any atom is -0.364 e. The molecule has 5 heteroatoms. The summed E-state index contributed by atoms with van der Waals surface area (Å²) in [4.78, 5) is 15.4. The van der Waals surface area contributed by atoms with Crippen LogP contribution in [0.1, 0.15) is 52.5 Å². The van der Waals surface area contributed by atoms with E-state index in [1.165, 1.54) is 13.2 Å². The van der Waals surface area contributed by atoms with Crippen molar-refractivity contribution in [2.45, 2.75) is 58.6 Å². The van der Waals surface area contributed by atoms with E-state index in [0.29, 0.717) is 4.47 Å². The van der Waals surface area contributed by atoms with Gasteiger partial charge in [-0.05, 0) is 49.1 Å². The predicted octanol–water partition coefficient (Wildman–Crippen LogP) is 4.88. The lowest BCUT2D eigenvalue weighted by Crippen LogP contribution is -2.49. The average Bonchev–Trinajstić information content (AvgIpc) is 2.74. The fourth-order valence-electron chi connectivity index (χ4n) is 5.16. The summed E-state index contributed by atoms with van der Waals surface area (Å²) in [6, 6.07) is 4.96. The van der Waals surface area contributed by atoms with Gasteiger partial charge in [-0.1, -0.05) is 42.8 Å². The van der Waals surface area contributed by atoms with Crippen LogP contribution in [-0.2, 0) is 15.1 Å². The third kappa shape index (κ3) is 3.25. The molecule has 0 N–H and O–H groups in total. The Bertz CT molecular complexity index is 707. The first-order valence-corrected chi connectivity index (χ1v) is 9.61. The lowest BCUT2D eigenvalue weighted by atomic mass is 9.65. The number of hydrogen-bond donors (Lipinski definition) is 0. The van der Waals surface area contributed by atoms with Crippen LogP contribution in [0.2, 0.25) is 0 Å². The van der Waals surface area contributed by atoms with Crippen molar-refractivity contribution in [1.82, 2.24) is 4.90 Å². The molecule has 2 aliphatic rings. The molecule has 3 atom stereocenters.